The van der Waals surface area contributed by atoms with Crippen molar-refractivity contribution in [1.29, 1.82) is 0 Å². The minimum absolute atomic E-state index is 0.701. The first kappa shape index (κ1) is 13.7. The van der Waals surface area contributed by atoms with Gasteiger partial charge in [0.05, 0.1) is 0 Å². The summed E-state index contributed by atoms with van der Waals surface area (Å²) in [4.78, 5) is 2.77. The first-order valence-corrected chi connectivity index (χ1v) is 8.49. The van der Waals surface area contributed by atoms with Gasteiger partial charge in [0.1, 0.15) is 0 Å². The highest BCUT2D eigenvalue weighted by molar-refractivity contribution is 7.99. The molecule has 2 fully saturated rings. The molecule has 1 N–H and O–H groups in total. The average molecular weight is 256 g/mol. The van der Waals surface area contributed by atoms with Crippen LogP contribution in [0, 0.1) is 0 Å². The molecule has 17 heavy (non-hydrogen) atoms. The fraction of sp³-hybridized carbons (Fsp3) is 1.00. The predicted octanol–water partition coefficient (Wildman–Crippen LogP) is 2.73. The Morgan fingerprint density at radius 2 is 1.94 bits per heavy atom. The molecule has 0 radical (unpaired) electrons. The molecule has 1 unspecified atom stereocenters. The second-order valence-corrected chi connectivity index (χ2v) is 7.01. The predicted molar refractivity (Wildman–Crippen MR) is 77.8 cm³/mol. The van der Waals surface area contributed by atoms with Crippen LogP contribution in [0.15, 0.2) is 0 Å². The fourth-order valence-electron chi connectivity index (χ4n) is 3.13. The minimum Gasteiger partial charge on any atom is -0.313 e. The van der Waals surface area contributed by atoms with Crippen LogP contribution in [0.3, 0.4) is 0 Å². The standard InChI is InChI=1S/C14H28N2S/c1-12(2)16(14-6-9-17-10-7-14)11-13-5-3-4-8-15-13/h12-15H,3-11H2,1-2H3. The Morgan fingerprint density at radius 3 is 2.53 bits per heavy atom. The van der Waals surface area contributed by atoms with E-state index in [4.69, 9.17) is 0 Å². The van der Waals surface area contributed by atoms with E-state index in [1.807, 2.05) is 0 Å². The maximum Gasteiger partial charge on any atom is 0.0195 e. The molecule has 0 amide bonds. The number of nitrogens with zero attached hydrogens (tertiary/aromatic N) is 1. The van der Waals surface area contributed by atoms with Crippen molar-refractivity contribution in [3.05, 3.63) is 0 Å². The fourth-order valence-corrected chi connectivity index (χ4v) is 4.21. The highest BCUT2D eigenvalue weighted by Crippen LogP contribution is 2.24. The molecule has 2 aliphatic heterocycles. The summed E-state index contributed by atoms with van der Waals surface area (Å²) in [5, 5.41) is 3.70. The number of nitrogens with one attached hydrogen (secondary N) is 1. The van der Waals surface area contributed by atoms with Gasteiger partial charge in [0.2, 0.25) is 0 Å². The zero-order valence-electron chi connectivity index (χ0n) is 11.5. The van der Waals surface area contributed by atoms with E-state index in [0.29, 0.717) is 6.04 Å². The zero-order valence-corrected chi connectivity index (χ0v) is 12.3. The topological polar surface area (TPSA) is 15.3 Å². The Balaban J connectivity index is 1.86. The van der Waals surface area contributed by atoms with E-state index in [1.54, 1.807) is 0 Å². The zero-order chi connectivity index (χ0) is 12.1. The van der Waals surface area contributed by atoms with Crippen molar-refractivity contribution in [2.45, 2.75) is 64.1 Å². The second-order valence-electron chi connectivity index (χ2n) is 5.78. The Bertz CT molecular complexity index is 208. The molecular weight excluding hydrogens is 228 g/mol. The molecule has 3 heteroatoms. The molecule has 0 spiro atoms. The normalized spacial score (nSPS) is 27.9. The maximum atomic E-state index is 3.70. The summed E-state index contributed by atoms with van der Waals surface area (Å²) < 4.78 is 0. The number of rotatable bonds is 4. The lowest BCUT2D eigenvalue weighted by Crippen LogP contribution is -2.50. The van der Waals surface area contributed by atoms with E-state index in [0.717, 1.165) is 12.1 Å². The molecule has 2 saturated heterocycles. The van der Waals surface area contributed by atoms with E-state index < -0.39 is 0 Å². The largest absolute Gasteiger partial charge is 0.313 e. The molecular formula is C14H28N2S. The van der Waals surface area contributed by atoms with Crippen LogP contribution in [0.25, 0.3) is 0 Å². The first-order chi connectivity index (χ1) is 8.27. The van der Waals surface area contributed by atoms with E-state index in [1.165, 1.54) is 56.7 Å². The van der Waals surface area contributed by atoms with Crippen LogP contribution in [0.5, 0.6) is 0 Å². The van der Waals surface area contributed by atoms with Gasteiger partial charge >= 0.3 is 0 Å². The van der Waals surface area contributed by atoms with E-state index >= 15 is 0 Å². The summed E-state index contributed by atoms with van der Waals surface area (Å²) in [7, 11) is 0. The molecule has 0 aliphatic carbocycles. The summed E-state index contributed by atoms with van der Waals surface area (Å²) in [5.41, 5.74) is 0. The van der Waals surface area contributed by atoms with Crippen LogP contribution in [0.1, 0.15) is 46.0 Å². The summed E-state index contributed by atoms with van der Waals surface area (Å²) in [6.45, 7) is 7.24. The third kappa shape index (κ3) is 4.15. The Morgan fingerprint density at radius 1 is 1.18 bits per heavy atom. The van der Waals surface area contributed by atoms with Gasteiger partial charge in [-0.2, -0.15) is 11.8 Å². The van der Waals surface area contributed by atoms with Crippen LogP contribution in [0.2, 0.25) is 0 Å². The monoisotopic (exact) mass is 256 g/mol. The summed E-state index contributed by atoms with van der Waals surface area (Å²) in [6.07, 6.45) is 6.97. The van der Waals surface area contributed by atoms with Gasteiger partial charge in [0.25, 0.3) is 0 Å². The average Bonchev–Trinajstić information content (AvgIpc) is 2.38. The van der Waals surface area contributed by atoms with E-state index in [-0.39, 0.29) is 0 Å². The van der Waals surface area contributed by atoms with E-state index in [9.17, 15) is 0 Å². The number of hydrogen-bond donors (Lipinski definition) is 1. The van der Waals surface area contributed by atoms with Gasteiger partial charge in [-0.05, 0) is 57.6 Å². The quantitative estimate of drug-likeness (QED) is 0.832. The van der Waals surface area contributed by atoms with Gasteiger partial charge in [-0.15, -0.1) is 0 Å². The smallest absolute Gasteiger partial charge is 0.0195 e. The molecule has 2 nitrogen and oxygen atoms in total. The van der Waals surface area contributed by atoms with Crippen LogP contribution in [-0.4, -0.2) is 47.6 Å². The van der Waals surface area contributed by atoms with Crippen molar-refractivity contribution in [2.24, 2.45) is 0 Å². The van der Waals surface area contributed by atoms with Gasteiger partial charge < -0.3 is 5.32 Å². The van der Waals surface area contributed by atoms with Gasteiger partial charge in [0, 0.05) is 24.7 Å². The van der Waals surface area contributed by atoms with Crippen LogP contribution >= 0.6 is 11.8 Å². The van der Waals surface area contributed by atoms with Crippen molar-refractivity contribution >= 4 is 11.8 Å². The third-order valence-electron chi connectivity index (χ3n) is 4.17. The van der Waals surface area contributed by atoms with Crippen LogP contribution < -0.4 is 5.32 Å². The van der Waals surface area contributed by atoms with Crippen molar-refractivity contribution in [1.82, 2.24) is 10.2 Å². The Kier molecular flexibility index (Phi) is 5.64. The van der Waals surface area contributed by atoms with Crippen LogP contribution in [0.4, 0.5) is 0 Å². The van der Waals surface area contributed by atoms with Crippen LogP contribution in [-0.2, 0) is 0 Å². The minimum atomic E-state index is 0.701. The third-order valence-corrected chi connectivity index (χ3v) is 5.22. The lowest BCUT2D eigenvalue weighted by atomic mass is 10.0. The lowest BCUT2D eigenvalue weighted by Gasteiger charge is -2.40. The van der Waals surface area contributed by atoms with Crippen molar-refractivity contribution in [2.75, 3.05) is 24.6 Å². The van der Waals surface area contributed by atoms with Crippen molar-refractivity contribution in [3.63, 3.8) is 0 Å². The highest BCUT2D eigenvalue weighted by Gasteiger charge is 2.26. The summed E-state index contributed by atoms with van der Waals surface area (Å²) >= 11 is 2.13. The molecule has 2 heterocycles. The van der Waals surface area contributed by atoms with Gasteiger partial charge in [-0.25, -0.2) is 0 Å². The van der Waals surface area contributed by atoms with Gasteiger partial charge in [-0.3, -0.25) is 4.90 Å². The van der Waals surface area contributed by atoms with Gasteiger partial charge in [0.15, 0.2) is 0 Å². The SMILES string of the molecule is CC(C)N(CC1CCCCN1)C1CCSCC1. The first-order valence-electron chi connectivity index (χ1n) is 7.34. The number of hydrogen-bond acceptors (Lipinski definition) is 3. The Hall–Kier alpha value is 0.270. The molecule has 0 aromatic rings. The molecule has 2 rings (SSSR count). The second kappa shape index (κ2) is 7.01. The molecule has 0 saturated carbocycles. The molecule has 0 aromatic carbocycles. The molecule has 2 aliphatic rings. The van der Waals surface area contributed by atoms with Crippen molar-refractivity contribution < 1.29 is 0 Å². The summed E-state index contributed by atoms with van der Waals surface area (Å²) in [6, 6.07) is 2.30. The van der Waals surface area contributed by atoms with Crippen molar-refractivity contribution in [3.8, 4) is 0 Å². The molecule has 1 atom stereocenters. The summed E-state index contributed by atoms with van der Waals surface area (Å²) in [5.74, 6) is 2.73. The maximum absolute atomic E-state index is 3.70. The highest BCUT2D eigenvalue weighted by atomic mass is 32.2. The lowest BCUT2D eigenvalue weighted by molar-refractivity contribution is 0.121. The molecule has 100 valence electrons. The number of piperidine rings is 1. The molecule has 0 aromatic heterocycles. The molecule has 0 bridgehead atoms. The Labute approximate surface area is 111 Å². The number of thioether (sulfide) groups is 1. The van der Waals surface area contributed by atoms with E-state index in [2.05, 4.69) is 35.8 Å². The van der Waals surface area contributed by atoms with Gasteiger partial charge in [-0.1, -0.05) is 6.42 Å².